The molecule has 4 aliphatic carbocycles. The molecule has 128 valence electrons. The zero-order chi connectivity index (χ0) is 16.5. The molecule has 4 aliphatic rings. The van der Waals surface area contributed by atoms with Gasteiger partial charge in [-0.25, -0.2) is 0 Å². The number of hydrogen-bond donors (Lipinski definition) is 2. The number of fused-ring (bicyclic) bond motifs is 5. The average Bonchev–Trinajstić information content (AvgIpc) is 2.84. The van der Waals surface area contributed by atoms with Crippen LogP contribution in [-0.2, 0) is 0 Å². The van der Waals surface area contributed by atoms with Crippen molar-refractivity contribution in [1.29, 1.82) is 0 Å². The molecule has 0 amide bonds. The van der Waals surface area contributed by atoms with E-state index in [0.29, 0.717) is 5.41 Å². The van der Waals surface area contributed by atoms with Gasteiger partial charge in [-0.05, 0) is 81.5 Å². The second kappa shape index (κ2) is 4.84. The van der Waals surface area contributed by atoms with Crippen LogP contribution in [0.1, 0.15) is 72.1 Å². The number of allylic oxidation sites excluding steroid dienone is 1. The van der Waals surface area contributed by atoms with Crippen LogP contribution in [0.5, 0.6) is 0 Å². The highest BCUT2D eigenvalue weighted by atomic mass is 16.3. The summed E-state index contributed by atoms with van der Waals surface area (Å²) in [4.78, 5) is 0. The van der Waals surface area contributed by atoms with Crippen LogP contribution in [0.15, 0.2) is 16.8 Å². The number of rotatable bonds is 0. The Labute approximate surface area is 140 Å². The van der Waals surface area contributed by atoms with E-state index in [1.54, 1.807) is 5.57 Å². The standard InChI is InChI=1S/C20H32N2O/c1-18(23)10-11-19(2)13(12-18)4-5-14-15-6-7-17(22-21)20(15,3)9-8-16(14)19/h4,14-16,23H,5-12,21H2,1-3H3/b22-17+/t14-,15-,16-,18?,19-,20-/m0/s1. The Morgan fingerprint density at radius 2 is 1.83 bits per heavy atom. The summed E-state index contributed by atoms with van der Waals surface area (Å²) < 4.78 is 0. The number of nitrogens with zero attached hydrogens (tertiary/aromatic N) is 1. The number of nitrogens with two attached hydrogens (primary N) is 1. The molecule has 0 aliphatic heterocycles. The summed E-state index contributed by atoms with van der Waals surface area (Å²) in [5.74, 6) is 8.02. The summed E-state index contributed by atoms with van der Waals surface area (Å²) >= 11 is 0. The maximum Gasteiger partial charge on any atom is 0.0657 e. The van der Waals surface area contributed by atoms with E-state index in [-0.39, 0.29) is 5.41 Å². The molecule has 3 fully saturated rings. The molecule has 0 aromatic heterocycles. The predicted octanol–water partition coefficient (Wildman–Crippen LogP) is 4.01. The lowest BCUT2D eigenvalue weighted by Gasteiger charge is -2.58. The maximum absolute atomic E-state index is 10.5. The second-order valence-corrected chi connectivity index (χ2v) is 9.50. The molecule has 0 saturated heterocycles. The van der Waals surface area contributed by atoms with Crippen LogP contribution in [-0.4, -0.2) is 16.4 Å². The molecule has 0 spiro atoms. The van der Waals surface area contributed by atoms with Crippen molar-refractivity contribution in [3.8, 4) is 0 Å². The summed E-state index contributed by atoms with van der Waals surface area (Å²) in [5, 5.41) is 14.7. The van der Waals surface area contributed by atoms with Crippen LogP contribution in [0.3, 0.4) is 0 Å². The van der Waals surface area contributed by atoms with Crippen LogP contribution in [0, 0.1) is 28.6 Å². The largest absolute Gasteiger partial charge is 0.390 e. The van der Waals surface area contributed by atoms with Gasteiger partial charge in [-0.1, -0.05) is 25.5 Å². The Hall–Kier alpha value is -0.830. The summed E-state index contributed by atoms with van der Waals surface area (Å²) in [6.45, 7) is 6.92. The normalized spacial score (nSPS) is 54.2. The third-order valence-electron chi connectivity index (χ3n) is 8.28. The van der Waals surface area contributed by atoms with Gasteiger partial charge in [0.2, 0.25) is 0 Å². The molecule has 3 nitrogen and oxygen atoms in total. The zero-order valence-corrected chi connectivity index (χ0v) is 14.9. The van der Waals surface area contributed by atoms with Crippen molar-refractivity contribution in [2.45, 2.75) is 77.7 Å². The van der Waals surface area contributed by atoms with Gasteiger partial charge in [0, 0.05) is 11.1 Å². The van der Waals surface area contributed by atoms with Gasteiger partial charge in [0.05, 0.1) is 5.60 Å². The minimum Gasteiger partial charge on any atom is -0.390 e. The fraction of sp³-hybridized carbons (Fsp3) is 0.850. The first-order chi connectivity index (χ1) is 10.8. The van der Waals surface area contributed by atoms with Crippen LogP contribution in [0.4, 0.5) is 0 Å². The van der Waals surface area contributed by atoms with Crippen LogP contribution >= 0.6 is 0 Å². The van der Waals surface area contributed by atoms with Gasteiger partial charge in [-0.2, -0.15) is 5.10 Å². The number of hydrogen-bond acceptors (Lipinski definition) is 3. The van der Waals surface area contributed by atoms with E-state index in [9.17, 15) is 5.11 Å². The lowest BCUT2D eigenvalue weighted by molar-refractivity contribution is -0.0469. The maximum atomic E-state index is 10.5. The van der Waals surface area contributed by atoms with Gasteiger partial charge in [0.1, 0.15) is 0 Å². The van der Waals surface area contributed by atoms with E-state index in [2.05, 4.69) is 25.0 Å². The minimum atomic E-state index is -0.492. The number of hydrazone groups is 1. The van der Waals surface area contributed by atoms with Crippen molar-refractivity contribution in [3.05, 3.63) is 11.6 Å². The summed E-state index contributed by atoms with van der Waals surface area (Å²) in [7, 11) is 0. The highest BCUT2D eigenvalue weighted by Crippen LogP contribution is 2.64. The first-order valence-electron chi connectivity index (χ1n) is 9.49. The highest BCUT2D eigenvalue weighted by Gasteiger charge is 2.58. The molecular formula is C20H32N2O. The first kappa shape index (κ1) is 15.7. The van der Waals surface area contributed by atoms with Crippen LogP contribution in [0.25, 0.3) is 0 Å². The van der Waals surface area contributed by atoms with E-state index in [0.717, 1.165) is 43.4 Å². The molecule has 3 N–H and O–H groups in total. The summed E-state index contributed by atoms with van der Waals surface area (Å²) in [5.41, 5.74) is 2.89. The fourth-order valence-corrected chi connectivity index (χ4v) is 6.81. The third-order valence-corrected chi connectivity index (χ3v) is 8.28. The van der Waals surface area contributed by atoms with Gasteiger partial charge in [0.25, 0.3) is 0 Å². The molecular weight excluding hydrogens is 284 g/mol. The summed E-state index contributed by atoms with van der Waals surface area (Å²) in [6, 6.07) is 0. The third kappa shape index (κ3) is 2.08. The Balaban J connectivity index is 1.68. The van der Waals surface area contributed by atoms with Crippen molar-refractivity contribution in [2.75, 3.05) is 0 Å². The van der Waals surface area contributed by atoms with Crippen molar-refractivity contribution >= 4 is 5.71 Å². The summed E-state index contributed by atoms with van der Waals surface area (Å²) in [6.07, 6.45) is 11.6. The first-order valence-corrected chi connectivity index (χ1v) is 9.49. The molecule has 6 atom stereocenters. The molecule has 0 radical (unpaired) electrons. The zero-order valence-electron chi connectivity index (χ0n) is 14.9. The van der Waals surface area contributed by atoms with E-state index in [4.69, 9.17) is 5.84 Å². The smallest absolute Gasteiger partial charge is 0.0657 e. The average molecular weight is 316 g/mol. The lowest BCUT2D eigenvalue weighted by Crippen LogP contribution is -2.51. The Kier molecular flexibility index (Phi) is 3.30. The lowest BCUT2D eigenvalue weighted by atomic mass is 9.47. The monoisotopic (exact) mass is 316 g/mol. The van der Waals surface area contributed by atoms with Crippen LogP contribution in [0.2, 0.25) is 0 Å². The molecule has 0 aromatic rings. The van der Waals surface area contributed by atoms with Gasteiger partial charge >= 0.3 is 0 Å². The van der Waals surface area contributed by atoms with E-state index in [1.165, 1.54) is 31.4 Å². The Bertz CT molecular complexity index is 578. The molecule has 3 heteroatoms. The quantitative estimate of drug-likeness (QED) is 0.403. The molecule has 0 aromatic carbocycles. The van der Waals surface area contributed by atoms with Crippen molar-refractivity contribution in [3.63, 3.8) is 0 Å². The molecule has 23 heavy (non-hydrogen) atoms. The Morgan fingerprint density at radius 3 is 2.57 bits per heavy atom. The van der Waals surface area contributed by atoms with Gasteiger partial charge in [-0.3, -0.25) is 0 Å². The second-order valence-electron chi connectivity index (χ2n) is 9.50. The molecule has 3 saturated carbocycles. The number of aliphatic hydroxyl groups is 1. The van der Waals surface area contributed by atoms with Crippen LogP contribution < -0.4 is 5.84 Å². The SMILES string of the molecule is CC1(O)CC[C@@]2(C)C(=CC[C@@H]3[C@@H]2CC[C@]2(C)/C(=N/N)CC[C@@H]32)C1. The van der Waals surface area contributed by atoms with E-state index in [1.807, 2.05) is 6.92 Å². The van der Waals surface area contributed by atoms with Crippen molar-refractivity contribution in [2.24, 2.45) is 39.5 Å². The van der Waals surface area contributed by atoms with E-state index < -0.39 is 5.60 Å². The minimum absolute atomic E-state index is 0.248. The van der Waals surface area contributed by atoms with Gasteiger partial charge < -0.3 is 10.9 Å². The molecule has 0 bridgehead atoms. The molecule has 4 rings (SSSR count). The van der Waals surface area contributed by atoms with Crippen molar-refractivity contribution in [1.82, 2.24) is 0 Å². The Morgan fingerprint density at radius 1 is 1.09 bits per heavy atom. The van der Waals surface area contributed by atoms with Crippen molar-refractivity contribution < 1.29 is 5.11 Å². The molecule has 0 heterocycles. The van der Waals surface area contributed by atoms with Gasteiger partial charge in [-0.15, -0.1) is 0 Å². The topological polar surface area (TPSA) is 58.6 Å². The molecule has 1 unspecified atom stereocenters. The van der Waals surface area contributed by atoms with Gasteiger partial charge in [0.15, 0.2) is 0 Å². The van der Waals surface area contributed by atoms with E-state index >= 15 is 0 Å². The fourth-order valence-electron chi connectivity index (χ4n) is 6.81. The predicted molar refractivity (Wildman–Crippen MR) is 93.9 cm³/mol. The highest BCUT2D eigenvalue weighted by molar-refractivity contribution is 5.92.